The van der Waals surface area contributed by atoms with E-state index in [2.05, 4.69) is 53.1 Å². The Balaban J connectivity index is 2.04. The molecule has 0 saturated carbocycles. The third-order valence-electron chi connectivity index (χ3n) is 2.31. The Kier molecular flexibility index (Phi) is 4.75. The molecule has 2 rings (SSSR count). The maximum absolute atomic E-state index is 5.48. The summed E-state index contributed by atoms with van der Waals surface area (Å²) in [4.78, 5) is 0. The van der Waals surface area contributed by atoms with Crippen molar-refractivity contribution in [1.82, 2.24) is 0 Å². The van der Waals surface area contributed by atoms with E-state index in [1.54, 1.807) is 7.11 Å². The molecule has 0 fully saturated rings. The van der Waals surface area contributed by atoms with E-state index in [0.29, 0.717) is 11.2 Å². The van der Waals surface area contributed by atoms with Crippen molar-refractivity contribution in [2.75, 3.05) is 12.4 Å². The Morgan fingerprint density at radius 1 is 1.17 bits per heavy atom. The average Bonchev–Trinajstić information content (AvgIpc) is 2.66. The van der Waals surface area contributed by atoms with Crippen LogP contribution in [0, 0.1) is 0 Å². The number of halogens is 3. The summed E-state index contributed by atoms with van der Waals surface area (Å²) < 4.78 is 13.2. The molecule has 18 heavy (non-hydrogen) atoms. The third-order valence-corrected chi connectivity index (χ3v) is 4.64. The molecule has 3 nitrogen and oxygen atoms in total. The molecule has 0 radical (unpaired) electrons. The van der Waals surface area contributed by atoms with Gasteiger partial charge in [0.25, 0.3) is 0 Å². The number of methoxy groups -OCH3 is 1. The summed E-state index contributed by atoms with van der Waals surface area (Å²) >= 11 is 10.1. The van der Waals surface area contributed by atoms with Crippen LogP contribution in [0.3, 0.4) is 0 Å². The summed E-state index contributed by atoms with van der Waals surface area (Å²) in [6.07, 6.45) is 0. The van der Waals surface area contributed by atoms with Crippen molar-refractivity contribution in [1.29, 1.82) is 0 Å². The summed E-state index contributed by atoms with van der Waals surface area (Å²) in [5.74, 6) is 1.66. The fourth-order valence-electron chi connectivity index (χ4n) is 1.44. The van der Waals surface area contributed by atoms with Gasteiger partial charge in [0.2, 0.25) is 0 Å². The zero-order chi connectivity index (χ0) is 13.1. The summed E-state index contributed by atoms with van der Waals surface area (Å²) in [5.41, 5.74) is 0.992. The number of anilines is 1. The number of hydrogen-bond donors (Lipinski definition) is 1. The Labute approximate surface area is 130 Å². The van der Waals surface area contributed by atoms with E-state index in [0.717, 1.165) is 26.1 Å². The van der Waals surface area contributed by atoms with Crippen molar-refractivity contribution in [3.05, 3.63) is 43.6 Å². The van der Waals surface area contributed by atoms with Crippen LogP contribution in [0.25, 0.3) is 0 Å². The molecule has 0 unspecified atom stereocenters. The SMILES string of the molecule is COc1ccc(NCc2cc(Br)c(Br)o2)cc1Br. The Hall–Kier alpha value is -0.460. The number of rotatable bonds is 4. The van der Waals surface area contributed by atoms with Gasteiger partial charge in [0.15, 0.2) is 4.67 Å². The molecule has 2 aromatic rings. The van der Waals surface area contributed by atoms with E-state index >= 15 is 0 Å². The van der Waals surface area contributed by atoms with Gasteiger partial charge in [0.1, 0.15) is 11.5 Å². The van der Waals surface area contributed by atoms with E-state index in [1.165, 1.54) is 0 Å². The van der Waals surface area contributed by atoms with Crippen LogP contribution in [0.5, 0.6) is 5.75 Å². The van der Waals surface area contributed by atoms with Crippen molar-refractivity contribution in [3.8, 4) is 5.75 Å². The lowest BCUT2D eigenvalue weighted by molar-refractivity contribution is 0.412. The third kappa shape index (κ3) is 3.30. The van der Waals surface area contributed by atoms with Crippen LogP contribution < -0.4 is 10.1 Å². The van der Waals surface area contributed by atoms with E-state index in [4.69, 9.17) is 9.15 Å². The normalized spacial score (nSPS) is 10.4. The first-order chi connectivity index (χ1) is 8.60. The Morgan fingerprint density at radius 2 is 1.94 bits per heavy atom. The maximum atomic E-state index is 5.48. The Bertz CT molecular complexity index is 535. The lowest BCUT2D eigenvalue weighted by Crippen LogP contribution is -1.98. The molecule has 0 atom stereocenters. The lowest BCUT2D eigenvalue weighted by Gasteiger charge is -2.07. The van der Waals surface area contributed by atoms with Gasteiger partial charge >= 0.3 is 0 Å². The summed E-state index contributed by atoms with van der Waals surface area (Å²) in [6, 6.07) is 7.75. The summed E-state index contributed by atoms with van der Waals surface area (Å²) in [5, 5.41) is 3.27. The van der Waals surface area contributed by atoms with Gasteiger partial charge in [-0.1, -0.05) is 0 Å². The molecule has 1 aromatic carbocycles. The molecule has 0 aliphatic rings. The van der Waals surface area contributed by atoms with Gasteiger partial charge < -0.3 is 14.5 Å². The molecule has 1 aromatic heterocycles. The van der Waals surface area contributed by atoms with Crippen molar-refractivity contribution in [2.24, 2.45) is 0 Å². The van der Waals surface area contributed by atoms with Gasteiger partial charge in [-0.3, -0.25) is 0 Å². The quantitative estimate of drug-likeness (QED) is 0.712. The van der Waals surface area contributed by atoms with Crippen LogP contribution in [-0.2, 0) is 6.54 Å². The van der Waals surface area contributed by atoms with Crippen LogP contribution >= 0.6 is 47.8 Å². The first kappa shape index (κ1) is 14.0. The minimum absolute atomic E-state index is 0.614. The standard InChI is InChI=1S/C12H10Br3NO2/c1-17-11-3-2-7(4-9(11)13)16-6-8-5-10(14)12(15)18-8/h2-5,16H,6H2,1H3. The van der Waals surface area contributed by atoms with Crippen LogP contribution in [0.1, 0.15) is 5.76 Å². The molecule has 96 valence electrons. The van der Waals surface area contributed by atoms with E-state index in [-0.39, 0.29) is 0 Å². The van der Waals surface area contributed by atoms with Crippen LogP contribution in [0.4, 0.5) is 5.69 Å². The average molecular weight is 440 g/mol. The van der Waals surface area contributed by atoms with Crippen molar-refractivity contribution in [2.45, 2.75) is 6.54 Å². The lowest BCUT2D eigenvalue weighted by atomic mass is 10.3. The minimum Gasteiger partial charge on any atom is -0.496 e. The monoisotopic (exact) mass is 437 g/mol. The summed E-state index contributed by atoms with van der Waals surface area (Å²) in [7, 11) is 1.64. The molecular formula is C12H10Br3NO2. The number of nitrogens with one attached hydrogen (secondary N) is 1. The maximum Gasteiger partial charge on any atom is 0.183 e. The van der Waals surface area contributed by atoms with Gasteiger partial charge in [0, 0.05) is 5.69 Å². The first-order valence-electron chi connectivity index (χ1n) is 5.11. The number of ether oxygens (including phenoxy) is 1. The molecule has 0 amide bonds. The summed E-state index contributed by atoms with van der Waals surface area (Å²) in [6.45, 7) is 0.614. The van der Waals surface area contributed by atoms with Crippen molar-refractivity contribution >= 4 is 53.5 Å². The zero-order valence-corrected chi connectivity index (χ0v) is 14.2. The van der Waals surface area contributed by atoms with E-state index in [1.807, 2.05) is 24.3 Å². The number of furan rings is 1. The smallest absolute Gasteiger partial charge is 0.183 e. The molecule has 6 heteroatoms. The van der Waals surface area contributed by atoms with Gasteiger partial charge in [-0.25, -0.2) is 0 Å². The molecule has 0 saturated heterocycles. The molecular weight excluding hydrogens is 430 g/mol. The van der Waals surface area contributed by atoms with E-state index in [9.17, 15) is 0 Å². The predicted octanol–water partition coefficient (Wildman–Crippen LogP) is 5.19. The first-order valence-corrected chi connectivity index (χ1v) is 7.49. The highest BCUT2D eigenvalue weighted by atomic mass is 79.9. The molecule has 0 aliphatic carbocycles. The van der Waals surface area contributed by atoms with Gasteiger partial charge in [0.05, 0.1) is 22.6 Å². The van der Waals surface area contributed by atoms with Crippen molar-refractivity contribution in [3.63, 3.8) is 0 Å². The molecule has 0 spiro atoms. The van der Waals surface area contributed by atoms with E-state index < -0.39 is 0 Å². The second kappa shape index (κ2) is 6.12. The van der Waals surface area contributed by atoms with Crippen molar-refractivity contribution < 1.29 is 9.15 Å². The second-order valence-electron chi connectivity index (χ2n) is 3.54. The highest BCUT2D eigenvalue weighted by Gasteiger charge is 2.06. The highest BCUT2D eigenvalue weighted by Crippen LogP contribution is 2.29. The minimum atomic E-state index is 0.614. The molecule has 1 N–H and O–H groups in total. The molecule has 1 heterocycles. The second-order valence-corrected chi connectivity index (χ2v) is 5.97. The number of hydrogen-bond acceptors (Lipinski definition) is 3. The highest BCUT2D eigenvalue weighted by molar-refractivity contribution is 9.13. The topological polar surface area (TPSA) is 34.4 Å². The Morgan fingerprint density at radius 3 is 2.50 bits per heavy atom. The van der Waals surface area contributed by atoms with Gasteiger partial charge in [-0.2, -0.15) is 0 Å². The van der Waals surface area contributed by atoms with Gasteiger partial charge in [-0.05, 0) is 72.1 Å². The van der Waals surface area contributed by atoms with Crippen LogP contribution in [0.2, 0.25) is 0 Å². The molecule has 0 bridgehead atoms. The zero-order valence-electron chi connectivity index (χ0n) is 9.47. The fraction of sp³-hybridized carbons (Fsp3) is 0.167. The predicted molar refractivity (Wildman–Crippen MR) is 82.1 cm³/mol. The largest absolute Gasteiger partial charge is 0.496 e. The molecule has 0 aliphatic heterocycles. The fourth-order valence-corrected chi connectivity index (χ4v) is 2.64. The number of benzene rings is 1. The van der Waals surface area contributed by atoms with Crippen LogP contribution in [0.15, 0.2) is 42.3 Å². The van der Waals surface area contributed by atoms with Gasteiger partial charge in [-0.15, -0.1) is 0 Å². The van der Waals surface area contributed by atoms with Crippen LogP contribution in [-0.4, -0.2) is 7.11 Å².